The Morgan fingerprint density at radius 2 is 1.73 bits per heavy atom. The predicted molar refractivity (Wildman–Crippen MR) is 104 cm³/mol. The van der Waals surface area contributed by atoms with E-state index in [4.69, 9.17) is 23.2 Å². The normalized spacial score (nSPS) is 12.9. The minimum absolute atomic E-state index is 0.0841. The molecule has 8 nitrogen and oxygen atoms in total. The van der Waals surface area contributed by atoms with E-state index in [0.717, 1.165) is 12.4 Å². The van der Waals surface area contributed by atoms with E-state index in [9.17, 15) is 13.2 Å². The third-order valence-electron chi connectivity index (χ3n) is 4.16. The summed E-state index contributed by atoms with van der Waals surface area (Å²) in [4.78, 5) is 20.0. The first-order valence-corrected chi connectivity index (χ1v) is 9.15. The molecule has 3 heterocycles. The van der Waals surface area contributed by atoms with Gasteiger partial charge in [-0.15, -0.1) is 0 Å². The van der Waals surface area contributed by atoms with Crippen LogP contribution >= 0.6 is 23.2 Å². The number of hydrogen-bond acceptors (Lipinski definition) is 7. The summed E-state index contributed by atoms with van der Waals surface area (Å²) in [5.74, 6) is 0.969. The zero-order chi connectivity index (χ0) is 21.5. The fourth-order valence-electron chi connectivity index (χ4n) is 2.90. The number of nitrogens with one attached hydrogen (secondary N) is 1. The minimum atomic E-state index is -4.62. The van der Waals surface area contributed by atoms with Gasteiger partial charge in [0.2, 0.25) is 0 Å². The standard InChI is InChI=1S/C17H11Cl2F3N8/c1-8(16-27-7-28-30(16)13-4-12(19)23-5-24-13)29-15-10-2-9(18)3-11(17(20,21)22)14(10)25-6-26-15/h2-8H,1H3,(H,25,26,29)/t8-/m0/s1. The highest BCUT2D eigenvalue weighted by Gasteiger charge is 2.34. The van der Waals surface area contributed by atoms with Gasteiger partial charge in [0.1, 0.15) is 30.0 Å². The van der Waals surface area contributed by atoms with Gasteiger partial charge in [-0.05, 0) is 19.1 Å². The maximum atomic E-state index is 13.4. The first-order valence-electron chi connectivity index (χ1n) is 8.40. The topological polar surface area (TPSA) is 94.3 Å². The van der Waals surface area contributed by atoms with Gasteiger partial charge in [0.15, 0.2) is 11.6 Å². The monoisotopic (exact) mass is 454 g/mol. The Labute approximate surface area is 177 Å². The van der Waals surface area contributed by atoms with Crippen molar-refractivity contribution in [2.45, 2.75) is 19.1 Å². The number of rotatable bonds is 4. The van der Waals surface area contributed by atoms with Gasteiger partial charge in [0.25, 0.3) is 0 Å². The molecule has 1 N–H and O–H groups in total. The van der Waals surface area contributed by atoms with Crippen molar-refractivity contribution < 1.29 is 13.2 Å². The van der Waals surface area contributed by atoms with Crippen molar-refractivity contribution in [2.24, 2.45) is 0 Å². The van der Waals surface area contributed by atoms with Gasteiger partial charge >= 0.3 is 6.18 Å². The second kappa shape index (κ2) is 7.65. The SMILES string of the molecule is C[C@H](Nc1ncnc2c(C(F)(F)F)cc(Cl)cc12)c1ncnn1-c1cc(Cl)ncn1. The second-order valence-electron chi connectivity index (χ2n) is 6.16. The highest BCUT2D eigenvalue weighted by Crippen LogP contribution is 2.38. The summed E-state index contributed by atoms with van der Waals surface area (Å²) in [7, 11) is 0. The van der Waals surface area contributed by atoms with Crippen LogP contribution in [0.25, 0.3) is 16.7 Å². The summed E-state index contributed by atoms with van der Waals surface area (Å²) in [5, 5.41) is 7.43. The van der Waals surface area contributed by atoms with E-state index in [1.807, 2.05) is 0 Å². The fraction of sp³-hybridized carbons (Fsp3) is 0.176. The van der Waals surface area contributed by atoms with Crippen LogP contribution < -0.4 is 5.32 Å². The summed E-state index contributed by atoms with van der Waals surface area (Å²) in [5.41, 5.74) is -1.21. The first-order chi connectivity index (χ1) is 14.2. The van der Waals surface area contributed by atoms with Gasteiger partial charge in [-0.3, -0.25) is 0 Å². The fourth-order valence-corrected chi connectivity index (χ4v) is 3.26. The summed E-state index contributed by atoms with van der Waals surface area (Å²) >= 11 is 11.8. The number of fused-ring (bicyclic) bond motifs is 1. The van der Waals surface area contributed by atoms with E-state index in [1.54, 1.807) is 6.92 Å². The Morgan fingerprint density at radius 3 is 2.47 bits per heavy atom. The molecule has 0 spiro atoms. The molecule has 13 heteroatoms. The molecule has 30 heavy (non-hydrogen) atoms. The molecule has 4 rings (SSSR count). The number of aromatic nitrogens is 7. The Kier molecular flexibility index (Phi) is 5.16. The van der Waals surface area contributed by atoms with Crippen molar-refractivity contribution in [3.8, 4) is 5.82 Å². The van der Waals surface area contributed by atoms with E-state index in [-0.39, 0.29) is 26.9 Å². The van der Waals surface area contributed by atoms with Crippen LogP contribution in [0.15, 0.2) is 37.2 Å². The van der Waals surface area contributed by atoms with Crippen molar-refractivity contribution in [3.05, 3.63) is 58.7 Å². The molecule has 0 bridgehead atoms. The van der Waals surface area contributed by atoms with Crippen LogP contribution in [-0.2, 0) is 6.18 Å². The number of hydrogen-bond donors (Lipinski definition) is 1. The van der Waals surface area contributed by atoms with Crippen molar-refractivity contribution >= 4 is 39.9 Å². The van der Waals surface area contributed by atoms with Gasteiger partial charge in [0.05, 0.1) is 17.1 Å². The molecule has 0 aliphatic rings. The average molecular weight is 455 g/mol. The van der Waals surface area contributed by atoms with Crippen LogP contribution in [0, 0.1) is 0 Å². The quantitative estimate of drug-likeness (QED) is 0.453. The maximum absolute atomic E-state index is 13.4. The Morgan fingerprint density at radius 1 is 0.967 bits per heavy atom. The lowest BCUT2D eigenvalue weighted by molar-refractivity contribution is -0.136. The molecule has 154 valence electrons. The molecular weight excluding hydrogens is 444 g/mol. The molecule has 1 atom stereocenters. The van der Waals surface area contributed by atoms with E-state index in [0.29, 0.717) is 11.6 Å². The highest BCUT2D eigenvalue weighted by molar-refractivity contribution is 6.31. The summed E-state index contributed by atoms with van der Waals surface area (Å²) in [6, 6.07) is 3.19. The van der Waals surface area contributed by atoms with Crippen LogP contribution in [0.3, 0.4) is 0 Å². The molecule has 0 aliphatic heterocycles. The average Bonchev–Trinajstić information content (AvgIpc) is 3.17. The van der Waals surface area contributed by atoms with Gasteiger partial charge in [-0.25, -0.2) is 24.9 Å². The molecule has 0 saturated heterocycles. The predicted octanol–water partition coefficient (Wildman–Crippen LogP) is 4.50. The Bertz CT molecular complexity index is 1230. The van der Waals surface area contributed by atoms with Crippen LogP contribution in [0.5, 0.6) is 0 Å². The zero-order valence-corrected chi connectivity index (χ0v) is 16.6. The van der Waals surface area contributed by atoms with Crippen molar-refractivity contribution in [1.29, 1.82) is 0 Å². The summed E-state index contributed by atoms with van der Waals surface area (Å²) in [6.07, 6.45) is -0.970. The number of alkyl halides is 3. The minimum Gasteiger partial charge on any atom is -0.360 e. The first kappa shape index (κ1) is 20.2. The molecule has 0 aliphatic carbocycles. The van der Waals surface area contributed by atoms with Crippen LogP contribution in [-0.4, -0.2) is 34.7 Å². The van der Waals surface area contributed by atoms with Gasteiger partial charge in [-0.1, -0.05) is 23.2 Å². The maximum Gasteiger partial charge on any atom is 0.418 e. The van der Waals surface area contributed by atoms with Crippen LogP contribution in [0.4, 0.5) is 19.0 Å². The lowest BCUT2D eigenvalue weighted by atomic mass is 10.1. The molecular formula is C17H11Cl2F3N8. The van der Waals surface area contributed by atoms with Gasteiger partial charge in [0, 0.05) is 16.5 Å². The lowest BCUT2D eigenvalue weighted by Crippen LogP contribution is -2.16. The number of anilines is 1. The van der Waals surface area contributed by atoms with Crippen LogP contribution in [0.1, 0.15) is 24.4 Å². The number of halogens is 5. The summed E-state index contributed by atoms with van der Waals surface area (Å²) in [6.45, 7) is 1.74. The van der Waals surface area contributed by atoms with E-state index in [2.05, 4.69) is 35.3 Å². The van der Waals surface area contributed by atoms with Crippen LogP contribution in [0.2, 0.25) is 10.2 Å². The highest BCUT2D eigenvalue weighted by atomic mass is 35.5. The van der Waals surface area contributed by atoms with Gasteiger partial charge in [-0.2, -0.15) is 23.0 Å². The zero-order valence-electron chi connectivity index (χ0n) is 15.1. The third-order valence-corrected chi connectivity index (χ3v) is 4.58. The Balaban J connectivity index is 1.74. The number of nitrogens with zero attached hydrogens (tertiary/aromatic N) is 7. The molecule has 4 aromatic rings. The molecule has 0 radical (unpaired) electrons. The third kappa shape index (κ3) is 3.85. The summed E-state index contributed by atoms with van der Waals surface area (Å²) < 4.78 is 41.6. The molecule has 0 amide bonds. The van der Waals surface area contributed by atoms with Gasteiger partial charge < -0.3 is 5.32 Å². The smallest absolute Gasteiger partial charge is 0.360 e. The largest absolute Gasteiger partial charge is 0.418 e. The van der Waals surface area contributed by atoms with E-state index < -0.39 is 17.8 Å². The second-order valence-corrected chi connectivity index (χ2v) is 6.99. The van der Waals surface area contributed by atoms with Crippen molar-refractivity contribution in [3.63, 3.8) is 0 Å². The van der Waals surface area contributed by atoms with E-state index in [1.165, 1.54) is 29.5 Å². The molecule has 0 unspecified atom stereocenters. The molecule has 0 saturated carbocycles. The van der Waals surface area contributed by atoms with Crippen molar-refractivity contribution in [1.82, 2.24) is 34.7 Å². The number of benzene rings is 1. The Hall–Kier alpha value is -3.05. The molecule has 3 aromatic heterocycles. The lowest BCUT2D eigenvalue weighted by Gasteiger charge is -2.17. The van der Waals surface area contributed by atoms with Crippen molar-refractivity contribution in [2.75, 3.05) is 5.32 Å². The molecule has 1 aromatic carbocycles. The molecule has 0 fully saturated rings. The van der Waals surface area contributed by atoms with E-state index >= 15 is 0 Å².